The van der Waals surface area contributed by atoms with Crippen LogP contribution in [-0.2, 0) is 28.6 Å². The van der Waals surface area contributed by atoms with E-state index < -0.39 is 6.10 Å². The minimum absolute atomic E-state index is 0.0632. The van der Waals surface area contributed by atoms with Gasteiger partial charge in [-0.1, -0.05) is 335 Å². The van der Waals surface area contributed by atoms with Gasteiger partial charge in [-0.3, -0.25) is 14.4 Å². The number of esters is 3. The molecular weight excluding hydrogens is 913 g/mol. The summed E-state index contributed by atoms with van der Waals surface area (Å²) < 4.78 is 16.9. The SMILES string of the molecule is CCCCCCCCCC/C=C\CCCCCCCCCCCCCCCCCCCC(=O)OCC(COC(=O)CCCCCCCCC)OC(=O)CCCCCCCCCCCCCCCCCCCCCC. The highest BCUT2D eigenvalue weighted by Gasteiger charge is 2.19. The lowest BCUT2D eigenvalue weighted by molar-refractivity contribution is -0.167. The van der Waals surface area contributed by atoms with Crippen LogP contribution in [0, 0.1) is 0 Å². The third kappa shape index (κ3) is 61.0. The highest BCUT2D eigenvalue weighted by atomic mass is 16.6. The van der Waals surface area contributed by atoms with Gasteiger partial charge in [-0.15, -0.1) is 0 Å². The van der Waals surface area contributed by atoms with E-state index in [2.05, 4.69) is 32.9 Å². The molecule has 0 saturated carbocycles. The van der Waals surface area contributed by atoms with E-state index in [1.807, 2.05) is 0 Å². The Labute approximate surface area is 462 Å². The molecule has 6 nitrogen and oxygen atoms in total. The number of unbranched alkanes of at least 4 members (excludes halogenated alkanes) is 50. The smallest absolute Gasteiger partial charge is 0.306 e. The molecule has 6 heteroatoms. The molecular formula is C68H130O6. The Morgan fingerprint density at radius 3 is 0.676 bits per heavy atom. The predicted molar refractivity (Wildman–Crippen MR) is 321 cm³/mol. The third-order valence-electron chi connectivity index (χ3n) is 15.5. The van der Waals surface area contributed by atoms with Gasteiger partial charge in [0.15, 0.2) is 6.10 Å². The first-order chi connectivity index (χ1) is 36.5. The predicted octanol–water partition coefficient (Wildman–Crippen LogP) is 22.8. The fourth-order valence-electron chi connectivity index (χ4n) is 10.4. The molecule has 0 spiro atoms. The van der Waals surface area contributed by atoms with E-state index in [0.717, 1.165) is 57.8 Å². The van der Waals surface area contributed by atoms with Gasteiger partial charge < -0.3 is 14.2 Å². The summed E-state index contributed by atoms with van der Waals surface area (Å²) in [5.74, 6) is -0.840. The van der Waals surface area contributed by atoms with Crippen molar-refractivity contribution in [2.24, 2.45) is 0 Å². The van der Waals surface area contributed by atoms with Crippen LogP contribution in [0.4, 0.5) is 0 Å². The second-order valence-corrected chi connectivity index (χ2v) is 23.1. The number of hydrogen-bond acceptors (Lipinski definition) is 6. The van der Waals surface area contributed by atoms with Crippen molar-refractivity contribution in [1.82, 2.24) is 0 Å². The molecule has 0 rings (SSSR count). The lowest BCUT2D eigenvalue weighted by atomic mass is 10.0. The molecule has 0 saturated heterocycles. The Morgan fingerprint density at radius 1 is 0.257 bits per heavy atom. The molecule has 0 fully saturated rings. The standard InChI is InChI=1S/C68H130O6/c1-4-7-10-13-16-18-20-22-24-26-28-30-31-32-33-34-35-36-37-38-40-41-43-45-47-49-52-55-58-61-67(70)73-64-65(63-72-66(69)60-57-54-51-15-12-9-6-3)74-68(71)62-59-56-53-50-48-46-44-42-39-29-27-25-23-21-19-17-14-11-8-5-2/h26,28,65H,4-25,27,29-64H2,1-3H3/b28-26-. The van der Waals surface area contributed by atoms with E-state index >= 15 is 0 Å². The zero-order valence-electron chi connectivity index (χ0n) is 50.4. The molecule has 0 aromatic rings. The van der Waals surface area contributed by atoms with Crippen LogP contribution in [0.2, 0.25) is 0 Å². The van der Waals surface area contributed by atoms with Gasteiger partial charge in [0.1, 0.15) is 13.2 Å². The van der Waals surface area contributed by atoms with Crippen LogP contribution in [-0.4, -0.2) is 37.2 Å². The average Bonchev–Trinajstić information content (AvgIpc) is 3.40. The largest absolute Gasteiger partial charge is 0.462 e. The van der Waals surface area contributed by atoms with E-state index in [0.29, 0.717) is 19.3 Å². The molecule has 0 bridgehead atoms. The zero-order chi connectivity index (χ0) is 53.6. The molecule has 0 aliphatic rings. The summed E-state index contributed by atoms with van der Waals surface area (Å²) in [4.78, 5) is 38.1. The van der Waals surface area contributed by atoms with Gasteiger partial charge in [0, 0.05) is 19.3 Å². The highest BCUT2D eigenvalue weighted by molar-refractivity contribution is 5.71. The topological polar surface area (TPSA) is 78.9 Å². The number of allylic oxidation sites excluding steroid dienone is 2. The lowest BCUT2D eigenvalue weighted by Crippen LogP contribution is -2.30. The lowest BCUT2D eigenvalue weighted by Gasteiger charge is -2.18. The maximum Gasteiger partial charge on any atom is 0.306 e. The second kappa shape index (κ2) is 63.7. The zero-order valence-corrected chi connectivity index (χ0v) is 50.4. The van der Waals surface area contributed by atoms with Crippen molar-refractivity contribution in [3.8, 4) is 0 Å². The Balaban J connectivity index is 4.00. The van der Waals surface area contributed by atoms with Gasteiger partial charge in [0.2, 0.25) is 0 Å². The van der Waals surface area contributed by atoms with E-state index in [4.69, 9.17) is 14.2 Å². The van der Waals surface area contributed by atoms with Crippen molar-refractivity contribution in [2.45, 2.75) is 393 Å². The van der Waals surface area contributed by atoms with Crippen molar-refractivity contribution >= 4 is 17.9 Å². The third-order valence-corrected chi connectivity index (χ3v) is 15.5. The molecule has 0 aliphatic heterocycles. The van der Waals surface area contributed by atoms with E-state index in [1.54, 1.807) is 0 Å². The van der Waals surface area contributed by atoms with Gasteiger partial charge in [-0.2, -0.15) is 0 Å². The van der Waals surface area contributed by atoms with Gasteiger partial charge in [-0.05, 0) is 44.9 Å². The van der Waals surface area contributed by atoms with E-state index in [9.17, 15) is 14.4 Å². The van der Waals surface area contributed by atoms with Crippen LogP contribution in [0.25, 0.3) is 0 Å². The molecule has 1 unspecified atom stereocenters. The molecule has 0 heterocycles. The molecule has 74 heavy (non-hydrogen) atoms. The van der Waals surface area contributed by atoms with Crippen LogP contribution < -0.4 is 0 Å². The van der Waals surface area contributed by atoms with Crippen LogP contribution in [0.5, 0.6) is 0 Å². The fraction of sp³-hybridized carbons (Fsp3) is 0.926. The monoisotopic (exact) mass is 1040 g/mol. The normalized spacial score (nSPS) is 12.0. The van der Waals surface area contributed by atoms with Crippen LogP contribution in [0.1, 0.15) is 387 Å². The Hall–Kier alpha value is -1.85. The average molecular weight is 1040 g/mol. The van der Waals surface area contributed by atoms with E-state index in [1.165, 1.54) is 289 Å². The van der Waals surface area contributed by atoms with Crippen LogP contribution in [0.15, 0.2) is 12.2 Å². The van der Waals surface area contributed by atoms with Crippen LogP contribution in [0.3, 0.4) is 0 Å². The number of rotatable bonds is 63. The van der Waals surface area contributed by atoms with Crippen molar-refractivity contribution in [3.05, 3.63) is 12.2 Å². The van der Waals surface area contributed by atoms with Crippen LogP contribution >= 0.6 is 0 Å². The number of ether oxygens (including phenoxy) is 3. The molecule has 0 aliphatic carbocycles. The molecule has 1 atom stereocenters. The number of carbonyl (C=O) groups excluding carboxylic acids is 3. The second-order valence-electron chi connectivity index (χ2n) is 23.1. The van der Waals surface area contributed by atoms with Gasteiger partial charge in [0.25, 0.3) is 0 Å². The van der Waals surface area contributed by atoms with Crippen molar-refractivity contribution in [3.63, 3.8) is 0 Å². The maximum atomic E-state index is 12.9. The quantitative estimate of drug-likeness (QED) is 0.0261. The Bertz CT molecular complexity index is 1150. The van der Waals surface area contributed by atoms with E-state index in [-0.39, 0.29) is 31.1 Å². The fourth-order valence-corrected chi connectivity index (χ4v) is 10.4. The van der Waals surface area contributed by atoms with Crippen molar-refractivity contribution in [1.29, 1.82) is 0 Å². The first kappa shape index (κ1) is 72.2. The maximum absolute atomic E-state index is 12.9. The summed E-state index contributed by atoms with van der Waals surface area (Å²) in [6, 6.07) is 0. The van der Waals surface area contributed by atoms with Gasteiger partial charge in [0.05, 0.1) is 0 Å². The minimum atomic E-state index is -0.763. The molecule has 0 aromatic heterocycles. The first-order valence-electron chi connectivity index (χ1n) is 33.7. The molecule has 438 valence electrons. The number of carbonyl (C=O) groups is 3. The van der Waals surface area contributed by atoms with Gasteiger partial charge in [-0.25, -0.2) is 0 Å². The summed E-state index contributed by atoms with van der Waals surface area (Å²) in [5, 5.41) is 0. The summed E-state index contributed by atoms with van der Waals surface area (Å²) in [5.41, 5.74) is 0. The highest BCUT2D eigenvalue weighted by Crippen LogP contribution is 2.19. The Morgan fingerprint density at radius 2 is 0.446 bits per heavy atom. The molecule has 0 radical (unpaired) electrons. The van der Waals surface area contributed by atoms with Crippen molar-refractivity contribution < 1.29 is 28.6 Å². The van der Waals surface area contributed by atoms with Crippen molar-refractivity contribution in [2.75, 3.05) is 13.2 Å². The summed E-state index contributed by atoms with van der Waals surface area (Å²) >= 11 is 0. The Kier molecular flexibility index (Phi) is 62.1. The number of hydrogen-bond donors (Lipinski definition) is 0. The minimum Gasteiger partial charge on any atom is -0.462 e. The molecule has 0 aromatic carbocycles. The molecule has 0 N–H and O–H groups in total. The summed E-state index contributed by atoms with van der Waals surface area (Å²) in [6.07, 6.45) is 75.5. The molecule has 0 amide bonds. The first-order valence-corrected chi connectivity index (χ1v) is 33.7. The van der Waals surface area contributed by atoms with Gasteiger partial charge >= 0.3 is 17.9 Å². The summed E-state index contributed by atoms with van der Waals surface area (Å²) in [7, 11) is 0. The summed E-state index contributed by atoms with van der Waals surface area (Å²) in [6.45, 7) is 6.67.